The first-order valence-electron chi connectivity index (χ1n) is 4.53. The normalized spacial score (nSPS) is 31.8. The van der Waals surface area contributed by atoms with Crippen LogP contribution in [0.5, 0.6) is 0 Å². The van der Waals surface area contributed by atoms with E-state index in [1.807, 2.05) is 13.8 Å². The second kappa shape index (κ2) is 3.50. The van der Waals surface area contributed by atoms with Gasteiger partial charge < -0.3 is 9.84 Å². The van der Waals surface area contributed by atoms with Crippen molar-refractivity contribution in [3.05, 3.63) is 12.7 Å². The van der Waals surface area contributed by atoms with Gasteiger partial charge in [0.2, 0.25) is 0 Å². The molecule has 2 unspecified atom stereocenters. The highest BCUT2D eigenvalue weighted by Crippen LogP contribution is 2.47. The molecule has 74 valence electrons. The second-order valence-corrected chi connectivity index (χ2v) is 3.81. The van der Waals surface area contributed by atoms with Crippen LogP contribution in [0.4, 0.5) is 0 Å². The SMILES string of the molecule is C=CCC1(C(C)C)OC1CC(=O)O. The number of ether oxygens (including phenoxy) is 1. The van der Waals surface area contributed by atoms with Crippen molar-refractivity contribution in [3.8, 4) is 0 Å². The van der Waals surface area contributed by atoms with Crippen molar-refractivity contribution in [1.29, 1.82) is 0 Å². The maximum absolute atomic E-state index is 10.5. The predicted octanol–water partition coefficient (Wildman–Crippen LogP) is 1.83. The quantitative estimate of drug-likeness (QED) is 0.524. The fourth-order valence-corrected chi connectivity index (χ4v) is 1.75. The molecular weight excluding hydrogens is 168 g/mol. The molecule has 1 rings (SSSR count). The fraction of sp³-hybridized carbons (Fsp3) is 0.700. The molecule has 0 aliphatic carbocycles. The monoisotopic (exact) mass is 184 g/mol. The van der Waals surface area contributed by atoms with Crippen molar-refractivity contribution in [2.24, 2.45) is 5.92 Å². The number of carboxylic acid groups (broad SMARTS) is 1. The fourth-order valence-electron chi connectivity index (χ4n) is 1.75. The van der Waals surface area contributed by atoms with E-state index in [-0.39, 0.29) is 18.1 Å². The van der Waals surface area contributed by atoms with E-state index < -0.39 is 5.97 Å². The molecule has 1 aliphatic rings. The molecule has 3 heteroatoms. The lowest BCUT2D eigenvalue weighted by Gasteiger charge is -2.14. The summed E-state index contributed by atoms with van der Waals surface area (Å²) in [6, 6.07) is 0. The Morgan fingerprint density at radius 3 is 2.77 bits per heavy atom. The van der Waals surface area contributed by atoms with Crippen LogP contribution in [0, 0.1) is 5.92 Å². The van der Waals surface area contributed by atoms with Gasteiger partial charge in [-0.1, -0.05) is 19.9 Å². The molecule has 1 saturated heterocycles. The Morgan fingerprint density at radius 2 is 2.38 bits per heavy atom. The first kappa shape index (κ1) is 10.3. The Labute approximate surface area is 78.4 Å². The summed E-state index contributed by atoms with van der Waals surface area (Å²) >= 11 is 0. The lowest BCUT2D eigenvalue weighted by atomic mass is 9.88. The van der Waals surface area contributed by atoms with Crippen LogP contribution >= 0.6 is 0 Å². The summed E-state index contributed by atoms with van der Waals surface area (Å²) in [5, 5.41) is 8.60. The van der Waals surface area contributed by atoms with E-state index in [9.17, 15) is 4.79 Å². The van der Waals surface area contributed by atoms with E-state index in [4.69, 9.17) is 9.84 Å². The molecule has 0 bridgehead atoms. The van der Waals surface area contributed by atoms with Gasteiger partial charge in [-0.2, -0.15) is 0 Å². The van der Waals surface area contributed by atoms with Gasteiger partial charge in [0.1, 0.15) is 5.60 Å². The van der Waals surface area contributed by atoms with Crippen LogP contribution in [-0.2, 0) is 9.53 Å². The first-order chi connectivity index (χ1) is 6.03. The van der Waals surface area contributed by atoms with Crippen molar-refractivity contribution in [2.75, 3.05) is 0 Å². The molecule has 2 atom stereocenters. The zero-order valence-electron chi connectivity index (χ0n) is 8.12. The summed E-state index contributed by atoms with van der Waals surface area (Å²) < 4.78 is 5.47. The van der Waals surface area contributed by atoms with Gasteiger partial charge >= 0.3 is 5.97 Å². The topological polar surface area (TPSA) is 49.8 Å². The largest absolute Gasteiger partial charge is 0.481 e. The van der Waals surface area contributed by atoms with Crippen LogP contribution < -0.4 is 0 Å². The minimum atomic E-state index is -0.795. The first-order valence-corrected chi connectivity index (χ1v) is 4.53. The smallest absolute Gasteiger partial charge is 0.306 e. The summed E-state index contributed by atoms with van der Waals surface area (Å²) in [6.07, 6.45) is 2.51. The molecule has 0 aromatic carbocycles. The summed E-state index contributed by atoms with van der Waals surface area (Å²) in [6.45, 7) is 7.75. The molecule has 1 heterocycles. The predicted molar refractivity (Wildman–Crippen MR) is 49.5 cm³/mol. The molecule has 0 saturated carbocycles. The van der Waals surface area contributed by atoms with Gasteiger partial charge in [0.15, 0.2) is 0 Å². The van der Waals surface area contributed by atoms with E-state index in [2.05, 4.69) is 6.58 Å². The van der Waals surface area contributed by atoms with Crippen LogP contribution in [0.25, 0.3) is 0 Å². The molecule has 0 amide bonds. The summed E-state index contributed by atoms with van der Waals surface area (Å²) in [7, 11) is 0. The maximum atomic E-state index is 10.5. The molecule has 0 aromatic heterocycles. The van der Waals surface area contributed by atoms with Gasteiger partial charge in [0.05, 0.1) is 12.5 Å². The van der Waals surface area contributed by atoms with Crippen LogP contribution in [0.1, 0.15) is 26.7 Å². The highest BCUT2D eigenvalue weighted by Gasteiger charge is 2.57. The standard InChI is InChI=1S/C10H16O3/c1-4-5-10(7(2)3)8(13-10)6-9(11)12/h4,7-8H,1,5-6H2,2-3H3,(H,11,12). The molecule has 1 aliphatic heterocycles. The highest BCUT2D eigenvalue weighted by atomic mass is 16.6. The summed E-state index contributed by atoms with van der Waals surface area (Å²) in [5.41, 5.74) is -0.250. The van der Waals surface area contributed by atoms with Crippen LogP contribution in [0.3, 0.4) is 0 Å². The van der Waals surface area contributed by atoms with E-state index >= 15 is 0 Å². The van der Waals surface area contributed by atoms with E-state index in [1.165, 1.54) is 0 Å². The minimum absolute atomic E-state index is 0.103. The van der Waals surface area contributed by atoms with Gasteiger partial charge in [0.25, 0.3) is 0 Å². The number of aliphatic carboxylic acids is 1. The van der Waals surface area contributed by atoms with Crippen molar-refractivity contribution in [2.45, 2.75) is 38.4 Å². The number of hydrogen-bond donors (Lipinski definition) is 1. The molecule has 1 N–H and O–H groups in total. The highest BCUT2D eigenvalue weighted by molar-refractivity contribution is 5.68. The lowest BCUT2D eigenvalue weighted by Crippen LogP contribution is -2.23. The number of carboxylic acids is 1. The Bertz CT molecular complexity index is 222. The molecule has 0 radical (unpaired) electrons. The third kappa shape index (κ3) is 1.91. The minimum Gasteiger partial charge on any atom is -0.481 e. The Kier molecular flexibility index (Phi) is 2.76. The van der Waals surface area contributed by atoms with Gasteiger partial charge in [-0.3, -0.25) is 4.79 Å². The van der Waals surface area contributed by atoms with E-state index in [0.717, 1.165) is 6.42 Å². The zero-order chi connectivity index (χ0) is 10.1. The number of carbonyl (C=O) groups is 1. The summed E-state index contributed by atoms with van der Waals surface area (Å²) in [5.74, 6) is -0.452. The number of hydrogen-bond acceptors (Lipinski definition) is 2. The molecule has 0 spiro atoms. The van der Waals surface area contributed by atoms with Crippen LogP contribution in [-0.4, -0.2) is 22.8 Å². The van der Waals surface area contributed by atoms with Crippen LogP contribution in [0.15, 0.2) is 12.7 Å². The molecule has 13 heavy (non-hydrogen) atoms. The average Bonchev–Trinajstić information content (AvgIpc) is 2.63. The third-order valence-corrected chi connectivity index (χ3v) is 2.65. The molecule has 0 aromatic rings. The Morgan fingerprint density at radius 1 is 1.77 bits per heavy atom. The van der Waals surface area contributed by atoms with Crippen molar-refractivity contribution >= 4 is 5.97 Å². The van der Waals surface area contributed by atoms with Crippen molar-refractivity contribution in [1.82, 2.24) is 0 Å². The average molecular weight is 184 g/mol. The third-order valence-electron chi connectivity index (χ3n) is 2.65. The molecule has 1 fully saturated rings. The van der Waals surface area contributed by atoms with E-state index in [1.54, 1.807) is 6.08 Å². The second-order valence-electron chi connectivity index (χ2n) is 3.81. The Hall–Kier alpha value is -0.830. The number of epoxide rings is 1. The van der Waals surface area contributed by atoms with Gasteiger partial charge in [-0.05, 0) is 12.3 Å². The molecule has 3 nitrogen and oxygen atoms in total. The van der Waals surface area contributed by atoms with Gasteiger partial charge in [-0.15, -0.1) is 6.58 Å². The van der Waals surface area contributed by atoms with E-state index in [0.29, 0.717) is 5.92 Å². The van der Waals surface area contributed by atoms with Crippen LogP contribution in [0.2, 0.25) is 0 Å². The molecular formula is C10H16O3. The Balaban J connectivity index is 2.56. The number of rotatable bonds is 5. The lowest BCUT2D eigenvalue weighted by molar-refractivity contribution is -0.137. The maximum Gasteiger partial charge on any atom is 0.306 e. The van der Waals surface area contributed by atoms with Crippen molar-refractivity contribution in [3.63, 3.8) is 0 Å². The van der Waals surface area contributed by atoms with Gasteiger partial charge in [0, 0.05) is 0 Å². The zero-order valence-corrected chi connectivity index (χ0v) is 8.12. The summed E-state index contributed by atoms with van der Waals surface area (Å²) in [4.78, 5) is 10.5. The van der Waals surface area contributed by atoms with Gasteiger partial charge in [-0.25, -0.2) is 0 Å². The van der Waals surface area contributed by atoms with Crippen molar-refractivity contribution < 1.29 is 14.6 Å².